The first kappa shape index (κ1) is 28.4. The zero-order chi connectivity index (χ0) is 29.6. The molecule has 42 heavy (non-hydrogen) atoms. The minimum Gasteiger partial charge on any atom is -0.383 e. The molecule has 6 rings (SSSR count). The van der Waals surface area contributed by atoms with Gasteiger partial charge in [-0.3, -0.25) is 4.90 Å². The lowest BCUT2D eigenvalue weighted by Crippen LogP contribution is -2.52. The molecule has 0 amide bonds. The highest BCUT2D eigenvalue weighted by Crippen LogP contribution is 2.44. The third-order valence-electron chi connectivity index (χ3n) is 7.98. The Hall–Kier alpha value is -3.74. The molecule has 1 aliphatic rings. The van der Waals surface area contributed by atoms with Gasteiger partial charge >= 0.3 is 0 Å². The first-order valence-corrected chi connectivity index (χ1v) is 14.3. The molecule has 0 aliphatic carbocycles. The maximum absolute atomic E-state index is 13.6. The summed E-state index contributed by atoms with van der Waals surface area (Å²) in [5.41, 5.74) is 3.52. The molecule has 0 bridgehead atoms. The molecule has 0 spiro atoms. The van der Waals surface area contributed by atoms with Crippen LogP contribution in [0.4, 0.5) is 26.4 Å². The van der Waals surface area contributed by atoms with Crippen molar-refractivity contribution >= 4 is 63.1 Å². The monoisotopic (exact) mass is 614 g/mol. The van der Waals surface area contributed by atoms with Crippen molar-refractivity contribution in [3.8, 4) is 0 Å². The van der Waals surface area contributed by atoms with E-state index in [1.807, 2.05) is 30.0 Å². The summed E-state index contributed by atoms with van der Waals surface area (Å²) in [4.78, 5) is 29.6. The summed E-state index contributed by atoms with van der Waals surface area (Å²) in [6.07, 6.45) is 0.825. The molecular formula is C28H30Cl2F2N10. The number of nitrogens with one attached hydrogen (secondary N) is 3. The van der Waals surface area contributed by atoms with Gasteiger partial charge in [-0.25, -0.2) is 0 Å². The van der Waals surface area contributed by atoms with E-state index in [1.54, 1.807) is 18.2 Å². The Morgan fingerprint density at radius 2 is 1.36 bits per heavy atom. The number of hydrogen-bond acceptors (Lipinski definition) is 8. The normalized spacial score (nSPS) is 16.7. The molecular weight excluding hydrogens is 585 g/mol. The van der Waals surface area contributed by atoms with Gasteiger partial charge in [0, 0.05) is 57.4 Å². The van der Waals surface area contributed by atoms with Crippen molar-refractivity contribution in [2.45, 2.75) is 18.9 Å². The van der Waals surface area contributed by atoms with E-state index in [9.17, 15) is 8.78 Å². The highest BCUT2D eigenvalue weighted by molar-refractivity contribution is 6.36. The fourth-order valence-electron chi connectivity index (χ4n) is 5.51. The van der Waals surface area contributed by atoms with Gasteiger partial charge < -0.3 is 25.1 Å². The van der Waals surface area contributed by atoms with Crippen molar-refractivity contribution in [3.63, 3.8) is 0 Å². The lowest BCUT2D eigenvalue weighted by atomic mass is 9.82. The Labute approximate surface area is 251 Å². The number of pyridine rings is 2. The van der Waals surface area contributed by atoms with Crippen LogP contribution in [0.3, 0.4) is 0 Å². The van der Waals surface area contributed by atoms with E-state index in [1.165, 1.54) is 12.1 Å². The van der Waals surface area contributed by atoms with Gasteiger partial charge in [-0.15, -0.1) is 0 Å². The van der Waals surface area contributed by atoms with Crippen molar-refractivity contribution in [3.05, 3.63) is 63.9 Å². The summed E-state index contributed by atoms with van der Waals surface area (Å²) in [5.74, 6) is 0.0608. The number of aromatic amines is 2. The Kier molecular flexibility index (Phi) is 7.54. The maximum atomic E-state index is 13.6. The molecule has 4 aromatic heterocycles. The summed E-state index contributed by atoms with van der Waals surface area (Å²) in [7, 11) is 3.87. The molecule has 5 heterocycles. The van der Waals surface area contributed by atoms with Crippen LogP contribution in [0, 0.1) is 11.9 Å². The number of rotatable bonds is 9. The average molecular weight is 616 g/mol. The molecule has 0 saturated carbocycles. The minimum atomic E-state index is -0.571. The number of hydrogen-bond donors (Lipinski definition) is 3. The number of nitrogens with zero attached hydrogens (tertiary/aromatic N) is 7. The van der Waals surface area contributed by atoms with Crippen molar-refractivity contribution in [2.75, 3.05) is 61.9 Å². The quantitative estimate of drug-likeness (QED) is 0.189. The largest absolute Gasteiger partial charge is 0.383 e. The average Bonchev–Trinajstić information content (AvgIpc) is 3.57. The van der Waals surface area contributed by atoms with Crippen molar-refractivity contribution in [1.29, 1.82) is 0 Å². The lowest BCUT2D eigenvalue weighted by molar-refractivity contribution is 0.0994. The van der Waals surface area contributed by atoms with Crippen LogP contribution in [-0.2, 0) is 5.54 Å². The fraction of sp³-hybridized carbons (Fsp3) is 0.357. The SMILES string of the molecule is CN(CCN(CCN(C)c1nc2nc(F)ccc2[nH]1)[C@@]1(C)CCNc2c(Cl)cc(Cl)cc21)c1nc2nc(F)ccc2[nH]1. The highest BCUT2D eigenvalue weighted by atomic mass is 35.5. The molecule has 14 heteroatoms. The van der Waals surface area contributed by atoms with E-state index >= 15 is 0 Å². The van der Waals surface area contributed by atoms with Crippen LogP contribution in [0.1, 0.15) is 18.9 Å². The van der Waals surface area contributed by atoms with Gasteiger partial charge in [-0.05, 0) is 55.3 Å². The molecule has 10 nitrogen and oxygen atoms in total. The smallest absolute Gasteiger partial charge is 0.215 e. The van der Waals surface area contributed by atoms with Crippen molar-refractivity contribution in [1.82, 2.24) is 34.8 Å². The molecule has 0 fully saturated rings. The number of aromatic nitrogens is 6. The van der Waals surface area contributed by atoms with Crippen LogP contribution in [0.5, 0.6) is 0 Å². The molecule has 0 radical (unpaired) electrons. The third kappa shape index (κ3) is 5.41. The van der Waals surface area contributed by atoms with Gasteiger partial charge in [0.2, 0.25) is 23.8 Å². The number of likely N-dealkylation sites (N-methyl/N-ethyl adjacent to an activating group) is 2. The van der Waals surface area contributed by atoms with E-state index < -0.39 is 17.4 Å². The second-order valence-electron chi connectivity index (χ2n) is 10.7. The number of H-pyrrole nitrogens is 2. The number of imidazole rings is 2. The Balaban J connectivity index is 1.27. The number of anilines is 3. The van der Waals surface area contributed by atoms with Gasteiger partial charge in [0.15, 0.2) is 11.3 Å². The van der Waals surface area contributed by atoms with Crippen LogP contribution in [0.25, 0.3) is 22.3 Å². The standard InChI is InChI=1S/C28H30Cl2F2N10/c1-28(8-9-33-23-17(28)14-16(29)15-18(23)30)42(12-10-40(2)26-34-19-4-6-21(31)36-24(19)38-26)13-11-41(3)27-35-20-5-7-22(32)37-25(20)39-27/h4-7,14-15,33H,8-13H2,1-3H3,(H,34,36,38)(H,35,37,39)/t28-/m0/s1. The second-order valence-corrected chi connectivity index (χ2v) is 11.6. The molecule has 1 atom stereocenters. The predicted octanol–water partition coefficient (Wildman–Crippen LogP) is 5.42. The molecule has 3 N–H and O–H groups in total. The van der Waals surface area contributed by atoms with Gasteiger partial charge in [-0.2, -0.15) is 28.7 Å². The number of benzene rings is 1. The molecule has 1 aromatic carbocycles. The van der Waals surface area contributed by atoms with Gasteiger partial charge in [0.05, 0.1) is 21.7 Å². The van der Waals surface area contributed by atoms with Crippen LogP contribution < -0.4 is 15.1 Å². The first-order valence-electron chi connectivity index (χ1n) is 13.6. The van der Waals surface area contributed by atoms with Gasteiger partial charge in [0.1, 0.15) is 0 Å². The van der Waals surface area contributed by atoms with E-state index in [2.05, 4.69) is 47.0 Å². The first-order chi connectivity index (χ1) is 20.1. The molecule has 5 aromatic rings. The second kappa shape index (κ2) is 11.2. The van der Waals surface area contributed by atoms with E-state index in [-0.39, 0.29) is 0 Å². The van der Waals surface area contributed by atoms with Crippen LogP contribution in [0.15, 0.2) is 36.4 Å². The zero-order valence-electron chi connectivity index (χ0n) is 23.3. The van der Waals surface area contributed by atoms with Crippen molar-refractivity contribution in [2.24, 2.45) is 0 Å². The lowest BCUT2D eigenvalue weighted by Gasteiger charge is -2.46. The van der Waals surface area contributed by atoms with Crippen LogP contribution >= 0.6 is 23.2 Å². The van der Waals surface area contributed by atoms with Crippen molar-refractivity contribution < 1.29 is 8.78 Å². The summed E-state index contributed by atoms with van der Waals surface area (Å²) >= 11 is 13.1. The highest BCUT2D eigenvalue weighted by Gasteiger charge is 2.39. The van der Waals surface area contributed by atoms with E-state index in [0.717, 1.165) is 24.2 Å². The summed E-state index contributed by atoms with van der Waals surface area (Å²) in [6, 6.07) is 9.61. The number of halogens is 4. The maximum Gasteiger partial charge on any atom is 0.215 e. The molecule has 1 aliphatic heterocycles. The minimum absolute atomic E-state index is 0.332. The van der Waals surface area contributed by atoms with E-state index in [0.29, 0.717) is 70.4 Å². The summed E-state index contributed by atoms with van der Waals surface area (Å²) < 4.78 is 27.3. The third-order valence-corrected chi connectivity index (χ3v) is 8.50. The van der Waals surface area contributed by atoms with E-state index in [4.69, 9.17) is 23.2 Å². The zero-order valence-corrected chi connectivity index (χ0v) is 24.9. The number of fused-ring (bicyclic) bond motifs is 3. The topological polar surface area (TPSA) is 105 Å². The van der Waals surface area contributed by atoms with Gasteiger partial charge in [0.25, 0.3) is 0 Å². The summed E-state index contributed by atoms with van der Waals surface area (Å²) in [6.45, 7) is 5.51. The Morgan fingerprint density at radius 1 is 0.810 bits per heavy atom. The molecule has 0 unspecified atom stereocenters. The molecule has 0 saturated heterocycles. The Morgan fingerprint density at radius 3 is 1.90 bits per heavy atom. The predicted molar refractivity (Wildman–Crippen MR) is 163 cm³/mol. The van der Waals surface area contributed by atoms with Gasteiger partial charge in [-0.1, -0.05) is 23.2 Å². The summed E-state index contributed by atoms with van der Waals surface area (Å²) in [5, 5.41) is 4.61. The van der Waals surface area contributed by atoms with Crippen LogP contribution in [0.2, 0.25) is 10.0 Å². The van der Waals surface area contributed by atoms with Crippen LogP contribution in [-0.4, -0.2) is 81.6 Å². The fourth-order valence-corrected chi connectivity index (χ4v) is 6.07. The molecule has 220 valence electrons. The Bertz CT molecular complexity index is 1670.